The zero-order valence-electron chi connectivity index (χ0n) is 28.3. The lowest BCUT2D eigenvalue weighted by Gasteiger charge is -2.32. The molecule has 2 saturated heterocycles. The minimum Gasteiger partial charge on any atom is -0.780 e. The van der Waals surface area contributed by atoms with Crippen LogP contribution >= 0.6 is 14.3 Å². The third-order valence-corrected chi connectivity index (χ3v) is 10.3. The van der Waals surface area contributed by atoms with Gasteiger partial charge in [0.1, 0.15) is 61.4 Å². The van der Waals surface area contributed by atoms with Crippen molar-refractivity contribution in [2.45, 2.75) is 56.3 Å². The Morgan fingerprint density at radius 2 is 1.62 bits per heavy atom. The van der Waals surface area contributed by atoms with Gasteiger partial charge < -0.3 is 64.2 Å². The number of anilines is 2. The van der Waals surface area contributed by atoms with Gasteiger partial charge in [0, 0.05) is 31.6 Å². The molecule has 1 unspecified atom stereocenters. The van der Waals surface area contributed by atoms with Gasteiger partial charge in [0.2, 0.25) is 0 Å². The van der Waals surface area contributed by atoms with Crippen molar-refractivity contribution in [3.05, 3.63) is 58.4 Å². The molecule has 0 aromatic carbocycles. The SMILES string of the molecule is Nc1ncnc2c1ncn2CCOCP(=O)(O)O.Nc1ncnc2c1ncn2[C@H]1C[C@H](O)[C@@H](COP([O-])(=S)O[C@H]2C[C@H](n3ccc(=O)[nH]c3=O)O[C@@H]2CO)O1. The number of aliphatic hydroxyl groups is 2. The molecule has 7 rings (SSSR count). The first kappa shape index (κ1) is 40.5. The van der Waals surface area contributed by atoms with E-state index in [2.05, 4.69) is 34.9 Å². The maximum atomic E-state index is 12.9. The summed E-state index contributed by atoms with van der Waals surface area (Å²) >= 11 is 5.01. The van der Waals surface area contributed by atoms with Gasteiger partial charge in [-0.15, -0.1) is 0 Å². The zero-order valence-corrected chi connectivity index (χ0v) is 30.9. The molecule has 9 N–H and O–H groups in total. The van der Waals surface area contributed by atoms with Crippen LogP contribution in [0.2, 0.25) is 0 Å². The highest BCUT2D eigenvalue weighted by Gasteiger charge is 2.40. The Bertz CT molecular complexity index is 2340. The van der Waals surface area contributed by atoms with E-state index in [0.717, 1.165) is 10.6 Å². The van der Waals surface area contributed by atoms with Crippen molar-refractivity contribution in [2.75, 3.05) is 37.6 Å². The van der Waals surface area contributed by atoms with Crippen LogP contribution in [-0.2, 0) is 46.2 Å². The topological polar surface area (TPSA) is 361 Å². The molecule has 2 aliphatic rings. The summed E-state index contributed by atoms with van der Waals surface area (Å²) in [6, 6.07) is 1.14. The van der Waals surface area contributed by atoms with Gasteiger partial charge >= 0.3 is 13.3 Å². The number of nitrogens with two attached hydrogens (primary N) is 2. The van der Waals surface area contributed by atoms with Crippen LogP contribution < -0.4 is 27.6 Å². The van der Waals surface area contributed by atoms with Gasteiger partial charge in [-0.1, -0.05) is 11.8 Å². The van der Waals surface area contributed by atoms with Gasteiger partial charge in [0.05, 0.1) is 44.7 Å². The van der Waals surface area contributed by atoms with E-state index in [1.54, 1.807) is 9.13 Å². The van der Waals surface area contributed by atoms with Gasteiger partial charge in [0.15, 0.2) is 22.9 Å². The van der Waals surface area contributed by atoms with E-state index in [9.17, 15) is 29.3 Å². The first-order valence-corrected chi connectivity index (χ1v) is 20.5. The standard InChI is InChI=1S/C19H24N7O9PS.C8H12N5O4P/c20-17-16-18(22-7-21-17)26(8-23-16)14-3-9(28)12(34-14)6-32-36(31,37)35-10-4-15(33-11(10)5-27)25-2-1-13(29)24-19(25)30;9-7-6-8(11-3-10-7)13(4-12-6)1-2-17-5-18(14,15)16/h1-2,7-12,14-15,27-28H,3-6H2,(H,31,37)(H2,20,21,22)(H,24,29,30);3-4H,1-2,5H2,(H2,9,10,11)(H2,14,15,16)/p-1/t9-,10-,11+,12+,14+,15+,36?;/m0./s1. The molecule has 55 heavy (non-hydrogen) atoms. The number of imidazole rings is 2. The third-order valence-electron chi connectivity index (χ3n) is 8.25. The van der Waals surface area contributed by atoms with E-state index in [-0.39, 0.29) is 37.7 Å². The fourth-order valence-corrected chi connectivity index (χ4v) is 7.51. The van der Waals surface area contributed by atoms with Crippen LogP contribution in [0.3, 0.4) is 0 Å². The second-order valence-corrected chi connectivity index (χ2v) is 16.3. The van der Waals surface area contributed by atoms with E-state index in [0.29, 0.717) is 28.9 Å². The Balaban J connectivity index is 0.000000239. The number of aromatic amines is 1. The molecule has 0 aliphatic carbocycles. The second-order valence-electron chi connectivity index (χ2n) is 12.0. The highest BCUT2D eigenvalue weighted by atomic mass is 32.5. The van der Waals surface area contributed by atoms with Crippen LogP contribution in [-0.4, -0.2) is 119 Å². The summed E-state index contributed by atoms with van der Waals surface area (Å²) in [7, 11) is -4.12. The van der Waals surface area contributed by atoms with Gasteiger partial charge in [-0.2, -0.15) is 0 Å². The number of aromatic nitrogens is 10. The average Bonchev–Trinajstić information content (AvgIpc) is 3.91. The van der Waals surface area contributed by atoms with Crippen molar-refractivity contribution >= 4 is 60.1 Å². The number of nitrogens with zero attached hydrogens (tertiary/aromatic N) is 9. The molecule has 0 saturated carbocycles. The highest BCUT2D eigenvalue weighted by Crippen LogP contribution is 2.46. The lowest BCUT2D eigenvalue weighted by atomic mass is 10.2. The van der Waals surface area contributed by atoms with Gasteiger partial charge in [0.25, 0.3) is 5.56 Å². The smallest absolute Gasteiger partial charge is 0.350 e. The molecule has 7 heterocycles. The molecule has 0 bridgehead atoms. The predicted molar refractivity (Wildman–Crippen MR) is 189 cm³/mol. The molecule has 0 amide bonds. The van der Waals surface area contributed by atoms with Gasteiger partial charge in [-0.3, -0.25) is 23.5 Å². The highest BCUT2D eigenvalue weighted by molar-refractivity contribution is 8.06. The minimum absolute atomic E-state index is 0.00445. The predicted octanol–water partition coefficient (Wildman–Crippen LogP) is -2.57. The van der Waals surface area contributed by atoms with E-state index in [1.807, 2.05) is 0 Å². The fraction of sp³-hybridized carbons (Fsp3) is 0.481. The van der Waals surface area contributed by atoms with Crippen molar-refractivity contribution in [1.82, 2.24) is 48.6 Å². The van der Waals surface area contributed by atoms with Crippen molar-refractivity contribution in [3.8, 4) is 0 Å². The molecule has 25 nitrogen and oxygen atoms in total. The molecule has 0 spiro atoms. The summed E-state index contributed by atoms with van der Waals surface area (Å²) in [4.78, 5) is 79.7. The Hall–Kier alpha value is -4.14. The number of nitrogen functional groups attached to an aromatic ring is 2. The summed E-state index contributed by atoms with van der Waals surface area (Å²) in [5, 5.41) is 20.1. The summed E-state index contributed by atoms with van der Waals surface area (Å²) in [6.07, 6.45) is 1.09. The molecular weight excluding hydrogens is 794 g/mol. The molecule has 28 heteroatoms. The molecule has 2 fully saturated rings. The quantitative estimate of drug-likeness (QED) is 0.0474. The number of ether oxygens (including phenoxy) is 3. The monoisotopic (exact) mass is 829 g/mol. The number of aliphatic hydroxyl groups excluding tert-OH is 2. The van der Waals surface area contributed by atoms with Gasteiger partial charge in [-0.05, 0) is 0 Å². The largest absolute Gasteiger partial charge is 0.780 e. The fourth-order valence-electron chi connectivity index (χ4n) is 5.69. The maximum absolute atomic E-state index is 12.9. The lowest BCUT2D eigenvalue weighted by molar-refractivity contribution is -0.215. The Labute approximate surface area is 313 Å². The first-order valence-electron chi connectivity index (χ1n) is 16.1. The van der Waals surface area contributed by atoms with Crippen LogP contribution in [0.15, 0.2) is 47.2 Å². The minimum atomic E-state index is -4.13. The van der Waals surface area contributed by atoms with Crippen molar-refractivity contribution in [1.29, 1.82) is 0 Å². The summed E-state index contributed by atoms with van der Waals surface area (Å²) in [5.41, 5.74) is 12.0. The Morgan fingerprint density at radius 3 is 2.31 bits per heavy atom. The Morgan fingerprint density at radius 1 is 0.964 bits per heavy atom. The second kappa shape index (κ2) is 16.9. The molecule has 5 aromatic heterocycles. The van der Waals surface area contributed by atoms with Crippen molar-refractivity contribution < 1.29 is 52.7 Å². The average molecular weight is 830 g/mol. The van der Waals surface area contributed by atoms with E-state index >= 15 is 0 Å². The summed E-state index contributed by atoms with van der Waals surface area (Å²) in [5.74, 6) is 0.492. The number of nitrogens with one attached hydrogen (secondary N) is 1. The van der Waals surface area contributed by atoms with Crippen LogP contribution in [0.5, 0.6) is 0 Å². The maximum Gasteiger partial charge on any atom is 0.350 e. The van der Waals surface area contributed by atoms with Crippen LogP contribution in [0.1, 0.15) is 25.3 Å². The number of rotatable bonds is 13. The molecule has 298 valence electrons. The van der Waals surface area contributed by atoms with E-state index < -0.39 is 75.4 Å². The molecule has 0 radical (unpaired) electrons. The number of hydrogen-bond donors (Lipinski definition) is 7. The first-order chi connectivity index (χ1) is 26.1. The van der Waals surface area contributed by atoms with Crippen LogP contribution in [0.4, 0.5) is 11.6 Å². The number of hydrogen-bond acceptors (Lipinski definition) is 20. The van der Waals surface area contributed by atoms with Crippen LogP contribution in [0, 0.1) is 0 Å². The number of fused-ring (bicyclic) bond motifs is 2. The summed E-state index contributed by atoms with van der Waals surface area (Å²) < 4.78 is 42.1. The molecule has 2 aliphatic heterocycles. The normalized spacial score (nSPS) is 23.9. The van der Waals surface area contributed by atoms with Gasteiger partial charge in [-0.25, -0.2) is 34.7 Å². The third kappa shape index (κ3) is 9.82. The lowest BCUT2D eigenvalue weighted by Crippen LogP contribution is -2.31. The molecule has 7 atom stereocenters. The van der Waals surface area contributed by atoms with Crippen molar-refractivity contribution in [3.63, 3.8) is 0 Å². The zero-order chi connectivity index (χ0) is 39.5. The number of H-pyrrole nitrogens is 1. The van der Waals surface area contributed by atoms with E-state index in [4.69, 9.17) is 56.3 Å². The Kier molecular flexibility index (Phi) is 12.5. The molecular formula is C27H35N12O13P2S-. The molecule has 5 aromatic rings. The summed E-state index contributed by atoms with van der Waals surface area (Å²) in [6.45, 7) is -4.48. The van der Waals surface area contributed by atoms with E-state index in [1.165, 1.54) is 31.5 Å². The van der Waals surface area contributed by atoms with Crippen LogP contribution in [0.25, 0.3) is 22.3 Å². The van der Waals surface area contributed by atoms with Crippen molar-refractivity contribution in [2.24, 2.45) is 0 Å².